The minimum Gasteiger partial charge on any atom is -0.508 e. The van der Waals surface area contributed by atoms with E-state index in [1.165, 1.54) is 39.0 Å². The van der Waals surface area contributed by atoms with E-state index in [2.05, 4.69) is 12.2 Å². The molecule has 27 heavy (non-hydrogen) atoms. The number of fused-ring (bicyclic) bond motifs is 1. The molecule has 5 nitrogen and oxygen atoms in total. The van der Waals surface area contributed by atoms with Crippen molar-refractivity contribution in [2.75, 3.05) is 6.61 Å². The van der Waals surface area contributed by atoms with Crippen molar-refractivity contribution in [3.05, 3.63) is 23.8 Å². The summed E-state index contributed by atoms with van der Waals surface area (Å²) in [7, 11) is 0. The Hall–Kier alpha value is -1.75. The summed E-state index contributed by atoms with van der Waals surface area (Å²) in [5.74, 6) is 0.874. The predicted molar refractivity (Wildman–Crippen MR) is 107 cm³/mol. The summed E-state index contributed by atoms with van der Waals surface area (Å²) < 4.78 is 6.27. The maximum atomic E-state index is 11.6. The molecular weight excluding hydrogens is 342 g/mol. The topological polar surface area (TPSA) is 78.8 Å². The van der Waals surface area contributed by atoms with Crippen LogP contribution in [0.25, 0.3) is 0 Å². The molecule has 1 amide bonds. The Morgan fingerprint density at radius 1 is 1.15 bits per heavy atom. The summed E-state index contributed by atoms with van der Waals surface area (Å²) in [5, 5.41) is 21.6. The van der Waals surface area contributed by atoms with Crippen molar-refractivity contribution in [1.29, 1.82) is 0 Å². The minimum atomic E-state index is -0.307. The van der Waals surface area contributed by atoms with E-state index < -0.39 is 0 Å². The predicted octanol–water partition coefficient (Wildman–Crippen LogP) is 4.61. The zero-order chi connectivity index (χ0) is 19.7. The van der Waals surface area contributed by atoms with Crippen LogP contribution in [0.4, 0.5) is 0 Å². The van der Waals surface area contributed by atoms with Crippen molar-refractivity contribution in [2.24, 2.45) is 0 Å². The lowest BCUT2D eigenvalue weighted by Crippen LogP contribution is -2.42. The van der Waals surface area contributed by atoms with Crippen molar-refractivity contribution in [3.8, 4) is 11.5 Å². The number of hydrogen-bond acceptors (Lipinski definition) is 4. The maximum Gasteiger partial charge on any atom is 0.217 e. The normalized spacial score (nSPS) is 21.4. The van der Waals surface area contributed by atoms with Gasteiger partial charge in [0, 0.05) is 25.5 Å². The van der Waals surface area contributed by atoms with Crippen LogP contribution in [0.3, 0.4) is 0 Å². The molecule has 1 aromatic carbocycles. The summed E-state index contributed by atoms with van der Waals surface area (Å²) >= 11 is 0. The molecule has 1 aliphatic rings. The molecule has 3 N–H and O–H groups in total. The van der Waals surface area contributed by atoms with Gasteiger partial charge in [0.1, 0.15) is 17.1 Å². The molecule has 0 radical (unpaired) electrons. The van der Waals surface area contributed by atoms with Crippen LogP contribution in [0.1, 0.15) is 89.7 Å². The number of ether oxygens (including phenoxy) is 1. The Morgan fingerprint density at radius 3 is 2.41 bits per heavy atom. The summed E-state index contributed by atoms with van der Waals surface area (Å²) in [5.41, 5.74) is 0.545. The number of rotatable bonds is 11. The largest absolute Gasteiger partial charge is 0.508 e. The zero-order valence-corrected chi connectivity index (χ0v) is 16.8. The first-order chi connectivity index (χ1) is 12.9. The highest BCUT2D eigenvalue weighted by molar-refractivity contribution is 5.73. The Bertz CT molecular complexity index is 604. The van der Waals surface area contributed by atoms with Crippen LogP contribution in [-0.2, 0) is 4.79 Å². The van der Waals surface area contributed by atoms with E-state index in [1.54, 1.807) is 18.2 Å². The molecule has 1 aliphatic heterocycles. The molecule has 0 spiro atoms. The lowest BCUT2D eigenvalue weighted by Gasteiger charge is -2.40. The van der Waals surface area contributed by atoms with Crippen molar-refractivity contribution in [1.82, 2.24) is 5.32 Å². The first-order valence-corrected chi connectivity index (χ1v) is 10.3. The molecule has 152 valence electrons. The van der Waals surface area contributed by atoms with Gasteiger partial charge in [-0.25, -0.2) is 0 Å². The molecule has 0 aliphatic carbocycles. The van der Waals surface area contributed by atoms with Gasteiger partial charge in [-0.2, -0.15) is 0 Å². The lowest BCUT2D eigenvalue weighted by molar-refractivity contribution is -0.120. The molecular formula is C22H35NO4. The van der Waals surface area contributed by atoms with Crippen LogP contribution in [-0.4, -0.2) is 28.3 Å². The Balaban J connectivity index is 1.82. The van der Waals surface area contributed by atoms with Crippen molar-refractivity contribution < 1.29 is 19.7 Å². The number of phenolic OH excluding ortho intramolecular Hbond substituents is 1. The van der Waals surface area contributed by atoms with Crippen molar-refractivity contribution >= 4 is 5.91 Å². The summed E-state index contributed by atoms with van der Waals surface area (Å²) in [6.07, 6.45) is 10.9. The minimum absolute atomic E-state index is 0.0697. The quantitative estimate of drug-likeness (QED) is 0.492. The van der Waals surface area contributed by atoms with Crippen molar-refractivity contribution in [2.45, 2.75) is 89.7 Å². The van der Waals surface area contributed by atoms with Gasteiger partial charge >= 0.3 is 0 Å². The molecule has 0 bridgehead atoms. The van der Waals surface area contributed by atoms with Crippen LogP contribution in [0.15, 0.2) is 18.2 Å². The SMILES string of the molecule is CC(=O)NC1CC(C)(CCCCCCCCCCO)Oc2ccc(O)cc21. The van der Waals surface area contributed by atoms with Crippen LogP contribution < -0.4 is 10.1 Å². The molecule has 1 aromatic rings. The number of carbonyl (C=O) groups excluding carboxylic acids is 1. The lowest BCUT2D eigenvalue weighted by atomic mass is 9.84. The van der Waals surface area contributed by atoms with E-state index in [1.807, 2.05) is 0 Å². The standard InChI is InChI=1S/C22H35NO4/c1-17(25)23-20-16-22(2,27-21-12-11-18(26)15-19(20)21)13-9-7-5-3-4-6-8-10-14-24/h11-12,15,20,24,26H,3-10,13-14,16H2,1-2H3,(H,23,25). The molecule has 0 saturated carbocycles. The number of aliphatic hydroxyl groups is 1. The smallest absolute Gasteiger partial charge is 0.217 e. The van der Waals surface area contributed by atoms with Gasteiger partial charge in [-0.1, -0.05) is 38.5 Å². The van der Waals surface area contributed by atoms with Gasteiger partial charge in [-0.15, -0.1) is 0 Å². The second kappa shape index (κ2) is 10.5. The van der Waals surface area contributed by atoms with Gasteiger partial charge in [-0.3, -0.25) is 4.79 Å². The maximum absolute atomic E-state index is 11.6. The number of aromatic hydroxyl groups is 1. The highest BCUT2D eigenvalue weighted by Crippen LogP contribution is 2.43. The number of aliphatic hydroxyl groups excluding tert-OH is 1. The third kappa shape index (κ3) is 7.06. The third-order valence-corrected chi connectivity index (χ3v) is 5.35. The van der Waals surface area contributed by atoms with Crippen LogP contribution in [0.2, 0.25) is 0 Å². The van der Waals surface area contributed by atoms with E-state index in [0.29, 0.717) is 13.0 Å². The number of benzene rings is 1. The monoisotopic (exact) mass is 377 g/mol. The van der Waals surface area contributed by atoms with Gasteiger partial charge < -0.3 is 20.3 Å². The van der Waals surface area contributed by atoms with E-state index in [-0.39, 0.29) is 23.3 Å². The van der Waals surface area contributed by atoms with Gasteiger partial charge in [-0.05, 0) is 44.4 Å². The molecule has 0 saturated heterocycles. The second-order valence-corrected chi connectivity index (χ2v) is 8.03. The second-order valence-electron chi connectivity index (χ2n) is 8.03. The molecule has 2 rings (SSSR count). The summed E-state index contributed by atoms with van der Waals surface area (Å²) in [6.45, 7) is 3.95. The molecule has 2 unspecified atom stereocenters. The van der Waals surface area contributed by atoms with Crippen LogP contribution >= 0.6 is 0 Å². The number of hydrogen-bond donors (Lipinski definition) is 3. The van der Waals surface area contributed by atoms with Gasteiger partial charge in [0.2, 0.25) is 5.91 Å². The fraction of sp³-hybridized carbons (Fsp3) is 0.682. The van der Waals surface area contributed by atoms with E-state index in [9.17, 15) is 9.90 Å². The summed E-state index contributed by atoms with van der Waals surface area (Å²) in [4.78, 5) is 11.6. The van der Waals surface area contributed by atoms with Gasteiger partial charge in [0.25, 0.3) is 0 Å². The van der Waals surface area contributed by atoms with E-state index in [4.69, 9.17) is 9.84 Å². The van der Waals surface area contributed by atoms with Crippen LogP contribution in [0, 0.1) is 0 Å². The Labute approximate surface area is 163 Å². The molecule has 5 heteroatoms. The third-order valence-electron chi connectivity index (χ3n) is 5.35. The average Bonchev–Trinajstić information content (AvgIpc) is 2.60. The van der Waals surface area contributed by atoms with Gasteiger partial charge in [0.05, 0.1) is 6.04 Å². The van der Waals surface area contributed by atoms with E-state index >= 15 is 0 Å². The fourth-order valence-corrected chi connectivity index (χ4v) is 3.95. The Kier molecular flexibility index (Phi) is 8.42. The van der Waals surface area contributed by atoms with E-state index in [0.717, 1.165) is 37.0 Å². The number of carbonyl (C=O) groups is 1. The molecule has 1 heterocycles. The fourth-order valence-electron chi connectivity index (χ4n) is 3.95. The first-order valence-electron chi connectivity index (χ1n) is 10.3. The summed E-state index contributed by atoms with van der Waals surface area (Å²) in [6, 6.07) is 4.98. The number of amides is 1. The average molecular weight is 378 g/mol. The van der Waals surface area contributed by atoms with Crippen LogP contribution in [0.5, 0.6) is 11.5 Å². The molecule has 0 fully saturated rings. The van der Waals surface area contributed by atoms with Crippen molar-refractivity contribution in [3.63, 3.8) is 0 Å². The number of phenols is 1. The first kappa shape index (κ1) is 21.5. The Morgan fingerprint density at radius 2 is 1.78 bits per heavy atom. The highest BCUT2D eigenvalue weighted by Gasteiger charge is 2.37. The highest BCUT2D eigenvalue weighted by atomic mass is 16.5. The number of unbranched alkanes of at least 4 members (excludes halogenated alkanes) is 7. The van der Waals surface area contributed by atoms with Gasteiger partial charge in [0.15, 0.2) is 0 Å². The molecule has 2 atom stereocenters. The molecule has 0 aromatic heterocycles. The zero-order valence-electron chi connectivity index (χ0n) is 16.8. The number of nitrogens with one attached hydrogen (secondary N) is 1.